The highest BCUT2D eigenvalue weighted by Gasteiger charge is 2.33. The second kappa shape index (κ2) is 7.05. The predicted octanol–water partition coefficient (Wildman–Crippen LogP) is 7.58. The van der Waals surface area contributed by atoms with Gasteiger partial charge in [-0.25, -0.2) is 0 Å². The number of hydrogen-bond donors (Lipinski definition) is 0. The minimum Gasteiger partial charge on any atom is -0.454 e. The molecular formula is C28H26O2. The molecule has 0 saturated heterocycles. The van der Waals surface area contributed by atoms with Crippen LogP contribution in [0.4, 0.5) is 0 Å². The molecule has 2 aliphatic rings. The molecule has 30 heavy (non-hydrogen) atoms. The largest absolute Gasteiger partial charge is 0.454 e. The summed E-state index contributed by atoms with van der Waals surface area (Å²) in [5.41, 5.74) is 2.32. The summed E-state index contributed by atoms with van der Waals surface area (Å²) >= 11 is 0. The van der Waals surface area contributed by atoms with E-state index in [2.05, 4.69) is 79.7 Å². The van der Waals surface area contributed by atoms with E-state index in [4.69, 9.17) is 9.47 Å². The number of rotatable bonds is 1. The summed E-state index contributed by atoms with van der Waals surface area (Å²) in [6, 6.07) is 25.8. The maximum absolute atomic E-state index is 6.65. The van der Waals surface area contributed by atoms with Gasteiger partial charge in [-0.05, 0) is 52.4 Å². The Morgan fingerprint density at radius 3 is 1.63 bits per heavy atom. The molecule has 6 rings (SSSR count). The third-order valence-electron chi connectivity index (χ3n) is 6.96. The fourth-order valence-corrected chi connectivity index (χ4v) is 5.24. The highest BCUT2D eigenvalue weighted by Crippen LogP contribution is 2.49. The number of fused-ring (bicyclic) bond motifs is 7. The quantitative estimate of drug-likeness (QED) is 0.331. The summed E-state index contributed by atoms with van der Waals surface area (Å²) in [5.74, 6) is 3.11. The highest BCUT2D eigenvalue weighted by atomic mass is 16.7. The van der Waals surface area contributed by atoms with Gasteiger partial charge < -0.3 is 9.47 Å². The van der Waals surface area contributed by atoms with Gasteiger partial charge in [-0.3, -0.25) is 0 Å². The van der Waals surface area contributed by atoms with Gasteiger partial charge in [0.05, 0.1) is 0 Å². The van der Waals surface area contributed by atoms with Crippen molar-refractivity contribution < 1.29 is 9.47 Å². The summed E-state index contributed by atoms with van der Waals surface area (Å²) in [5, 5.41) is 4.88. The first-order valence-electron chi connectivity index (χ1n) is 11.1. The molecule has 0 spiro atoms. The van der Waals surface area contributed by atoms with Crippen molar-refractivity contribution >= 4 is 21.5 Å². The van der Waals surface area contributed by atoms with Gasteiger partial charge >= 0.3 is 0 Å². The van der Waals surface area contributed by atoms with Crippen molar-refractivity contribution in [1.29, 1.82) is 0 Å². The van der Waals surface area contributed by atoms with E-state index in [1.807, 2.05) is 0 Å². The van der Waals surface area contributed by atoms with Gasteiger partial charge in [0, 0.05) is 17.0 Å². The van der Waals surface area contributed by atoms with Crippen LogP contribution in [0.15, 0.2) is 72.8 Å². The van der Waals surface area contributed by atoms with E-state index >= 15 is 0 Å². The fourth-order valence-electron chi connectivity index (χ4n) is 5.24. The van der Waals surface area contributed by atoms with Crippen LogP contribution in [0.5, 0.6) is 11.5 Å². The Morgan fingerprint density at radius 2 is 1.10 bits per heavy atom. The average molecular weight is 395 g/mol. The summed E-state index contributed by atoms with van der Waals surface area (Å²) in [4.78, 5) is 0. The third-order valence-corrected chi connectivity index (χ3v) is 6.96. The average Bonchev–Trinajstić information content (AvgIpc) is 2.97. The first-order valence-corrected chi connectivity index (χ1v) is 11.1. The van der Waals surface area contributed by atoms with Crippen LogP contribution in [-0.4, -0.2) is 6.29 Å². The van der Waals surface area contributed by atoms with Crippen molar-refractivity contribution in [2.45, 2.75) is 38.9 Å². The van der Waals surface area contributed by atoms with Crippen molar-refractivity contribution in [3.8, 4) is 22.6 Å². The molecule has 1 aliphatic heterocycles. The first-order chi connectivity index (χ1) is 14.8. The molecular weight excluding hydrogens is 368 g/mol. The van der Waals surface area contributed by atoms with Gasteiger partial charge in [-0.2, -0.15) is 0 Å². The Labute approximate surface area is 177 Å². The lowest BCUT2D eigenvalue weighted by Crippen LogP contribution is -2.34. The van der Waals surface area contributed by atoms with Gasteiger partial charge in [0.2, 0.25) is 6.29 Å². The van der Waals surface area contributed by atoms with Crippen LogP contribution in [0.2, 0.25) is 0 Å². The van der Waals surface area contributed by atoms with E-state index in [0.717, 1.165) is 41.4 Å². The molecule has 0 N–H and O–H groups in total. The molecule has 1 aliphatic carbocycles. The van der Waals surface area contributed by atoms with Crippen molar-refractivity contribution in [2.24, 2.45) is 11.8 Å². The second-order valence-corrected chi connectivity index (χ2v) is 8.94. The lowest BCUT2D eigenvalue weighted by atomic mass is 9.82. The zero-order valence-electron chi connectivity index (χ0n) is 17.3. The highest BCUT2D eigenvalue weighted by molar-refractivity contribution is 6.09. The predicted molar refractivity (Wildman–Crippen MR) is 123 cm³/mol. The van der Waals surface area contributed by atoms with Crippen LogP contribution in [0.25, 0.3) is 32.7 Å². The standard InChI is InChI=1S/C28H26O2/c1-18-10-12-21(13-11-18)28-29-24-16-14-19-6-2-4-8-22(19)26(24)27-23-9-5-3-7-20(23)15-17-25(27)30-28/h2-9,14-18,21,28H,10-13H2,1H3. The molecule has 1 saturated carbocycles. The Balaban J connectivity index is 1.60. The Bertz CT molecular complexity index is 1150. The van der Waals surface area contributed by atoms with Crippen molar-refractivity contribution in [1.82, 2.24) is 0 Å². The van der Waals surface area contributed by atoms with Crippen LogP contribution < -0.4 is 9.47 Å². The fraction of sp³-hybridized carbons (Fsp3) is 0.286. The van der Waals surface area contributed by atoms with Crippen LogP contribution in [-0.2, 0) is 0 Å². The van der Waals surface area contributed by atoms with Gasteiger partial charge in [-0.15, -0.1) is 0 Å². The molecule has 1 heterocycles. The molecule has 0 radical (unpaired) electrons. The molecule has 0 bridgehead atoms. The monoisotopic (exact) mass is 394 g/mol. The maximum atomic E-state index is 6.65. The first kappa shape index (κ1) is 17.8. The second-order valence-electron chi connectivity index (χ2n) is 8.94. The lowest BCUT2D eigenvalue weighted by Gasteiger charge is -2.32. The van der Waals surface area contributed by atoms with Gasteiger partial charge in [0.1, 0.15) is 11.5 Å². The Morgan fingerprint density at radius 1 is 0.600 bits per heavy atom. The molecule has 4 aromatic carbocycles. The van der Waals surface area contributed by atoms with E-state index in [1.165, 1.54) is 34.4 Å². The summed E-state index contributed by atoms with van der Waals surface area (Å²) < 4.78 is 13.3. The minimum atomic E-state index is -0.236. The zero-order valence-corrected chi connectivity index (χ0v) is 17.3. The molecule has 2 nitrogen and oxygen atoms in total. The number of ether oxygens (including phenoxy) is 2. The van der Waals surface area contributed by atoms with Crippen LogP contribution in [0.3, 0.4) is 0 Å². The van der Waals surface area contributed by atoms with Crippen molar-refractivity contribution in [3.05, 3.63) is 72.8 Å². The lowest BCUT2D eigenvalue weighted by molar-refractivity contribution is -0.0523. The van der Waals surface area contributed by atoms with Crippen LogP contribution >= 0.6 is 0 Å². The van der Waals surface area contributed by atoms with E-state index in [0.29, 0.717) is 5.92 Å². The molecule has 2 heteroatoms. The van der Waals surface area contributed by atoms with Crippen molar-refractivity contribution in [2.75, 3.05) is 0 Å². The maximum Gasteiger partial charge on any atom is 0.243 e. The van der Waals surface area contributed by atoms with Crippen LogP contribution in [0, 0.1) is 11.8 Å². The normalized spacial score (nSPS) is 21.4. The van der Waals surface area contributed by atoms with Gasteiger partial charge in [0.25, 0.3) is 0 Å². The van der Waals surface area contributed by atoms with Gasteiger partial charge in [-0.1, -0.05) is 80.4 Å². The minimum absolute atomic E-state index is 0.236. The Hall–Kier alpha value is -3.00. The molecule has 0 amide bonds. The van der Waals surface area contributed by atoms with E-state index in [-0.39, 0.29) is 6.29 Å². The van der Waals surface area contributed by atoms with Gasteiger partial charge in [0.15, 0.2) is 0 Å². The molecule has 1 fully saturated rings. The summed E-state index contributed by atoms with van der Waals surface area (Å²) in [6.07, 6.45) is 4.60. The molecule has 150 valence electrons. The topological polar surface area (TPSA) is 18.5 Å². The molecule has 0 atom stereocenters. The number of benzene rings is 4. The van der Waals surface area contributed by atoms with E-state index < -0.39 is 0 Å². The molecule has 0 aromatic heterocycles. The van der Waals surface area contributed by atoms with Crippen LogP contribution in [0.1, 0.15) is 32.6 Å². The smallest absolute Gasteiger partial charge is 0.243 e. The summed E-state index contributed by atoms with van der Waals surface area (Å²) in [7, 11) is 0. The van der Waals surface area contributed by atoms with E-state index in [9.17, 15) is 0 Å². The third kappa shape index (κ3) is 2.86. The molecule has 4 aromatic rings. The number of hydrogen-bond acceptors (Lipinski definition) is 2. The van der Waals surface area contributed by atoms with Crippen molar-refractivity contribution in [3.63, 3.8) is 0 Å². The molecule has 0 unspecified atom stereocenters. The zero-order chi connectivity index (χ0) is 20.1. The summed E-state index contributed by atoms with van der Waals surface area (Å²) in [6.45, 7) is 2.36. The van der Waals surface area contributed by atoms with E-state index in [1.54, 1.807) is 0 Å². The SMILES string of the molecule is CC1CCC(C2Oc3ccc4ccccc4c3-c3c(ccc4ccccc34)O2)CC1. The Kier molecular flexibility index (Phi) is 4.19.